The highest BCUT2D eigenvalue weighted by Gasteiger charge is 2.37. The van der Waals surface area contributed by atoms with Crippen molar-refractivity contribution in [2.24, 2.45) is 5.92 Å². The van der Waals surface area contributed by atoms with Crippen molar-refractivity contribution in [3.05, 3.63) is 29.3 Å². The summed E-state index contributed by atoms with van der Waals surface area (Å²) in [7, 11) is 0. The first-order valence-corrected chi connectivity index (χ1v) is 6.28. The summed E-state index contributed by atoms with van der Waals surface area (Å²) in [5, 5.41) is 3.07. The molecule has 3 nitrogen and oxygen atoms in total. The van der Waals surface area contributed by atoms with Crippen LogP contribution in [0.3, 0.4) is 0 Å². The molecule has 2 rings (SSSR count). The molecule has 0 spiro atoms. The molecule has 1 amide bonds. The largest absolute Gasteiger partial charge is 0.399 e. The Morgan fingerprint density at radius 2 is 2.29 bits per heavy atom. The molecule has 3 N–H and O–H groups in total. The van der Waals surface area contributed by atoms with E-state index in [4.69, 9.17) is 5.73 Å². The molecular formula is C14H20N2O. The fraction of sp³-hybridized carbons (Fsp3) is 0.500. The second-order valence-electron chi connectivity index (χ2n) is 4.94. The number of anilines is 1. The van der Waals surface area contributed by atoms with Gasteiger partial charge in [0.2, 0.25) is 0 Å². The Kier molecular flexibility index (Phi) is 3.36. The molecule has 0 aromatic heterocycles. The summed E-state index contributed by atoms with van der Waals surface area (Å²) in [6, 6.07) is 5.82. The molecule has 1 aromatic carbocycles. The quantitative estimate of drug-likeness (QED) is 0.784. The molecule has 2 atom stereocenters. The number of carbonyl (C=O) groups is 1. The van der Waals surface area contributed by atoms with Gasteiger partial charge in [0.25, 0.3) is 5.91 Å². The predicted molar refractivity (Wildman–Crippen MR) is 69.9 cm³/mol. The van der Waals surface area contributed by atoms with Crippen molar-refractivity contribution in [1.29, 1.82) is 0 Å². The highest BCUT2D eigenvalue weighted by molar-refractivity contribution is 5.95. The molecule has 0 aliphatic heterocycles. The van der Waals surface area contributed by atoms with Crippen molar-refractivity contribution in [2.75, 3.05) is 5.73 Å². The Hall–Kier alpha value is -1.51. The third-order valence-electron chi connectivity index (χ3n) is 3.43. The molecule has 3 heteroatoms. The number of carbonyl (C=O) groups excluding carboxylic acids is 1. The zero-order valence-electron chi connectivity index (χ0n) is 10.5. The van der Waals surface area contributed by atoms with Gasteiger partial charge in [0, 0.05) is 17.3 Å². The molecular weight excluding hydrogens is 212 g/mol. The van der Waals surface area contributed by atoms with E-state index in [2.05, 4.69) is 12.2 Å². The second kappa shape index (κ2) is 4.78. The lowest BCUT2D eigenvalue weighted by Crippen LogP contribution is -2.26. The minimum atomic E-state index is 0.0247. The van der Waals surface area contributed by atoms with E-state index in [1.165, 1.54) is 12.8 Å². The second-order valence-corrected chi connectivity index (χ2v) is 4.94. The number of amides is 1. The fourth-order valence-electron chi connectivity index (χ4n) is 2.18. The summed E-state index contributed by atoms with van der Waals surface area (Å²) in [5.74, 6) is 0.718. The van der Waals surface area contributed by atoms with Gasteiger partial charge in [0.15, 0.2) is 0 Å². The van der Waals surface area contributed by atoms with Gasteiger partial charge in [0.1, 0.15) is 0 Å². The van der Waals surface area contributed by atoms with Crippen molar-refractivity contribution >= 4 is 11.6 Å². The number of nitrogen functional groups attached to an aromatic ring is 1. The molecule has 1 aromatic rings. The van der Waals surface area contributed by atoms with Gasteiger partial charge in [-0.1, -0.05) is 13.3 Å². The number of benzene rings is 1. The Balaban J connectivity index is 1.94. The van der Waals surface area contributed by atoms with Crippen LogP contribution in [0.15, 0.2) is 18.2 Å². The van der Waals surface area contributed by atoms with Crippen LogP contribution in [0.4, 0.5) is 5.69 Å². The van der Waals surface area contributed by atoms with Gasteiger partial charge >= 0.3 is 0 Å². The Bertz CT molecular complexity index is 428. The van der Waals surface area contributed by atoms with Gasteiger partial charge in [-0.3, -0.25) is 4.79 Å². The number of rotatable bonds is 4. The lowest BCUT2D eigenvalue weighted by molar-refractivity contribution is 0.0949. The van der Waals surface area contributed by atoms with Crippen LogP contribution in [0.1, 0.15) is 42.1 Å². The number of hydrogen-bond acceptors (Lipinski definition) is 2. The van der Waals surface area contributed by atoms with Crippen LogP contribution in [-0.2, 0) is 0 Å². The molecule has 1 aliphatic carbocycles. The summed E-state index contributed by atoms with van der Waals surface area (Å²) >= 11 is 0. The number of aryl methyl sites for hydroxylation is 1. The van der Waals surface area contributed by atoms with Crippen molar-refractivity contribution in [2.45, 2.75) is 39.2 Å². The standard InChI is InChI=1S/C14H20N2O/c1-3-4-10-8-13(10)16-14(17)11-5-6-12(15)9(2)7-11/h5-7,10,13H,3-4,8,15H2,1-2H3,(H,16,17). The normalized spacial score (nSPS) is 22.2. The molecule has 17 heavy (non-hydrogen) atoms. The molecule has 1 aliphatic rings. The summed E-state index contributed by atoms with van der Waals surface area (Å²) < 4.78 is 0. The average Bonchev–Trinajstić information content (AvgIpc) is 3.01. The van der Waals surface area contributed by atoms with Crippen LogP contribution < -0.4 is 11.1 Å². The van der Waals surface area contributed by atoms with Gasteiger partial charge in [-0.05, 0) is 49.4 Å². The van der Waals surface area contributed by atoms with Crippen LogP contribution in [0.25, 0.3) is 0 Å². The van der Waals surface area contributed by atoms with Gasteiger partial charge in [-0.2, -0.15) is 0 Å². The lowest BCUT2D eigenvalue weighted by atomic mass is 10.1. The van der Waals surface area contributed by atoms with E-state index in [-0.39, 0.29) is 5.91 Å². The number of nitrogens with one attached hydrogen (secondary N) is 1. The van der Waals surface area contributed by atoms with E-state index in [9.17, 15) is 4.79 Å². The van der Waals surface area contributed by atoms with E-state index in [0.717, 1.165) is 17.7 Å². The minimum Gasteiger partial charge on any atom is -0.399 e. The molecule has 0 saturated heterocycles. The fourth-order valence-corrected chi connectivity index (χ4v) is 2.18. The monoisotopic (exact) mass is 232 g/mol. The van der Waals surface area contributed by atoms with Crippen molar-refractivity contribution < 1.29 is 4.79 Å². The Morgan fingerprint density at radius 1 is 1.53 bits per heavy atom. The molecule has 0 bridgehead atoms. The van der Waals surface area contributed by atoms with E-state index in [0.29, 0.717) is 17.5 Å². The van der Waals surface area contributed by atoms with Crippen molar-refractivity contribution in [3.8, 4) is 0 Å². The topological polar surface area (TPSA) is 55.1 Å². The van der Waals surface area contributed by atoms with Gasteiger partial charge in [-0.25, -0.2) is 0 Å². The first-order chi connectivity index (χ1) is 8.11. The van der Waals surface area contributed by atoms with Gasteiger partial charge in [-0.15, -0.1) is 0 Å². The van der Waals surface area contributed by atoms with E-state index in [1.807, 2.05) is 13.0 Å². The first-order valence-electron chi connectivity index (χ1n) is 6.28. The molecule has 92 valence electrons. The van der Waals surface area contributed by atoms with Crippen LogP contribution in [0, 0.1) is 12.8 Å². The smallest absolute Gasteiger partial charge is 0.251 e. The molecule has 0 heterocycles. The van der Waals surface area contributed by atoms with Crippen LogP contribution in [-0.4, -0.2) is 11.9 Å². The first kappa shape index (κ1) is 12.0. The molecule has 0 radical (unpaired) electrons. The van der Waals surface area contributed by atoms with Crippen LogP contribution >= 0.6 is 0 Å². The van der Waals surface area contributed by atoms with Crippen LogP contribution in [0.2, 0.25) is 0 Å². The zero-order chi connectivity index (χ0) is 12.4. The van der Waals surface area contributed by atoms with E-state index < -0.39 is 0 Å². The lowest BCUT2D eigenvalue weighted by Gasteiger charge is -2.06. The number of hydrogen-bond donors (Lipinski definition) is 2. The Morgan fingerprint density at radius 3 is 2.94 bits per heavy atom. The average molecular weight is 232 g/mol. The van der Waals surface area contributed by atoms with Gasteiger partial charge < -0.3 is 11.1 Å². The minimum absolute atomic E-state index is 0.0247. The summed E-state index contributed by atoms with van der Waals surface area (Å²) in [4.78, 5) is 12.0. The maximum Gasteiger partial charge on any atom is 0.251 e. The van der Waals surface area contributed by atoms with Crippen molar-refractivity contribution in [3.63, 3.8) is 0 Å². The summed E-state index contributed by atoms with van der Waals surface area (Å²) in [5.41, 5.74) is 8.13. The molecule has 1 saturated carbocycles. The third kappa shape index (κ3) is 2.78. The molecule has 2 unspecified atom stereocenters. The Labute approximate surface area is 102 Å². The van der Waals surface area contributed by atoms with E-state index >= 15 is 0 Å². The number of nitrogens with two attached hydrogens (primary N) is 1. The maximum absolute atomic E-state index is 12.0. The third-order valence-corrected chi connectivity index (χ3v) is 3.43. The van der Waals surface area contributed by atoms with Crippen LogP contribution in [0.5, 0.6) is 0 Å². The molecule has 1 fully saturated rings. The highest BCUT2D eigenvalue weighted by Crippen LogP contribution is 2.34. The SMILES string of the molecule is CCCC1CC1NC(=O)c1ccc(N)c(C)c1. The maximum atomic E-state index is 12.0. The predicted octanol–water partition coefficient (Wildman–Crippen LogP) is 2.50. The van der Waals surface area contributed by atoms with E-state index in [1.54, 1.807) is 12.1 Å². The summed E-state index contributed by atoms with van der Waals surface area (Å²) in [6.07, 6.45) is 3.54. The highest BCUT2D eigenvalue weighted by atomic mass is 16.1. The summed E-state index contributed by atoms with van der Waals surface area (Å²) in [6.45, 7) is 4.10. The van der Waals surface area contributed by atoms with Crippen molar-refractivity contribution in [1.82, 2.24) is 5.32 Å². The van der Waals surface area contributed by atoms with Gasteiger partial charge in [0.05, 0.1) is 0 Å². The zero-order valence-corrected chi connectivity index (χ0v) is 10.5.